The maximum absolute atomic E-state index is 10.5. The van der Waals surface area contributed by atoms with E-state index in [-0.39, 0.29) is 12.3 Å². The van der Waals surface area contributed by atoms with Crippen LogP contribution in [0, 0.1) is 0 Å². The van der Waals surface area contributed by atoms with Crippen LogP contribution in [0.4, 0.5) is 5.88 Å². The van der Waals surface area contributed by atoms with Gasteiger partial charge in [-0.05, 0) is 10.2 Å². The number of hydrogen-bond acceptors (Lipinski definition) is 3. The number of hydrogen-bond donors (Lipinski definition) is 1. The molecule has 1 heterocycles. The van der Waals surface area contributed by atoms with Gasteiger partial charge in [-0.1, -0.05) is 12.1 Å². The van der Waals surface area contributed by atoms with Crippen LogP contribution >= 0.6 is 0 Å². The summed E-state index contributed by atoms with van der Waals surface area (Å²) in [6.07, 6.45) is 1.42. The number of carboxylic acid groups (broad SMARTS) is 1. The average Bonchev–Trinajstić information content (AvgIpc) is 2.65. The van der Waals surface area contributed by atoms with Crippen molar-refractivity contribution in [1.82, 2.24) is 5.27 Å². The summed E-state index contributed by atoms with van der Waals surface area (Å²) < 4.78 is 6.01. The zero-order valence-electron chi connectivity index (χ0n) is 8.25. The molecule has 0 fully saturated rings. The van der Waals surface area contributed by atoms with Crippen molar-refractivity contribution in [1.29, 1.82) is 0 Å². The predicted molar refractivity (Wildman–Crippen MR) is 53.4 cm³/mol. The van der Waals surface area contributed by atoms with Crippen LogP contribution in [0.15, 0.2) is 35.0 Å². The first-order valence-corrected chi connectivity index (χ1v) is 4.56. The van der Waals surface area contributed by atoms with Crippen molar-refractivity contribution in [2.24, 2.45) is 0 Å². The maximum Gasteiger partial charge on any atom is 0.307 e. The van der Waals surface area contributed by atoms with Crippen LogP contribution in [0.3, 0.4) is 0 Å². The smallest absolute Gasteiger partial charge is 0.307 e. The minimum Gasteiger partial charge on any atom is -0.660 e. The van der Waals surface area contributed by atoms with E-state index in [0.29, 0.717) is 5.56 Å². The van der Waals surface area contributed by atoms with E-state index in [4.69, 9.17) is 10.8 Å². The van der Waals surface area contributed by atoms with Crippen LogP contribution in [-0.2, 0) is 11.2 Å². The molecular formula is C10H9N3O3. The monoisotopic (exact) mass is 219 g/mol. The van der Waals surface area contributed by atoms with Gasteiger partial charge < -0.3 is 15.4 Å². The zero-order valence-corrected chi connectivity index (χ0v) is 8.25. The van der Waals surface area contributed by atoms with Gasteiger partial charge in [-0.15, -0.1) is 0 Å². The Labute approximate surface area is 90.9 Å². The Morgan fingerprint density at radius 3 is 2.62 bits per heavy atom. The lowest BCUT2D eigenvalue weighted by Crippen LogP contribution is -2.31. The van der Waals surface area contributed by atoms with Crippen molar-refractivity contribution in [3.8, 4) is 5.69 Å². The highest BCUT2D eigenvalue weighted by molar-refractivity contribution is 5.70. The van der Waals surface area contributed by atoms with Crippen LogP contribution < -0.4 is 4.68 Å². The molecule has 2 aromatic rings. The molecule has 0 radical (unpaired) electrons. The molecule has 6 heteroatoms. The third kappa shape index (κ3) is 2.17. The minimum absolute atomic E-state index is 0.00649. The Hall–Kier alpha value is -2.37. The Balaban J connectivity index is 2.22. The van der Waals surface area contributed by atoms with Crippen LogP contribution in [0.5, 0.6) is 0 Å². The van der Waals surface area contributed by atoms with Gasteiger partial charge >= 0.3 is 5.97 Å². The number of aliphatic carboxylic acids is 1. The molecular weight excluding hydrogens is 210 g/mol. The van der Waals surface area contributed by atoms with Crippen molar-refractivity contribution < 1.29 is 19.1 Å². The molecule has 0 amide bonds. The second-order valence-corrected chi connectivity index (χ2v) is 3.25. The molecule has 1 aromatic carbocycles. The van der Waals surface area contributed by atoms with E-state index in [0.717, 1.165) is 5.69 Å². The second-order valence-electron chi connectivity index (χ2n) is 3.25. The van der Waals surface area contributed by atoms with Crippen molar-refractivity contribution in [3.05, 3.63) is 41.8 Å². The fourth-order valence-electron chi connectivity index (χ4n) is 1.31. The van der Waals surface area contributed by atoms with Crippen LogP contribution in [0.25, 0.3) is 11.4 Å². The number of aromatic nitrogens is 2. The fraction of sp³-hybridized carbons (Fsp3) is 0.100. The molecule has 2 rings (SSSR count). The van der Waals surface area contributed by atoms with Crippen LogP contribution in [0.1, 0.15) is 5.56 Å². The van der Waals surface area contributed by atoms with Gasteiger partial charge in [-0.3, -0.25) is 4.79 Å². The van der Waals surface area contributed by atoms with Gasteiger partial charge in [-0.25, -0.2) is 0 Å². The van der Waals surface area contributed by atoms with E-state index < -0.39 is 5.97 Å². The lowest BCUT2D eigenvalue weighted by molar-refractivity contribution is -0.670. The zero-order chi connectivity index (χ0) is 11.5. The van der Waals surface area contributed by atoms with Gasteiger partial charge in [0.05, 0.1) is 6.42 Å². The summed E-state index contributed by atoms with van der Waals surface area (Å²) in [5.41, 5.74) is 8.61. The van der Waals surface area contributed by atoms with Crippen molar-refractivity contribution in [2.45, 2.75) is 6.42 Å². The molecule has 0 aliphatic heterocycles. The standard InChI is InChI=1S/C10H9N3O3/c11-9-6-13(12-16-9)8-3-1-7(2-4-8)5-10(14)15/h1-4,6H,5H2,(H2-,11,12,14,15). The largest absolute Gasteiger partial charge is 0.660 e. The lowest BCUT2D eigenvalue weighted by atomic mass is 10.1. The highest BCUT2D eigenvalue weighted by atomic mass is 16.5. The minimum atomic E-state index is -0.865. The molecule has 0 atom stereocenters. The molecule has 0 saturated heterocycles. The normalized spacial score (nSPS) is 10.2. The van der Waals surface area contributed by atoms with E-state index in [2.05, 4.69) is 9.79 Å². The van der Waals surface area contributed by atoms with E-state index in [1.54, 1.807) is 24.3 Å². The summed E-state index contributed by atoms with van der Waals surface area (Å²) in [6.45, 7) is 0. The van der Waals surface area contributed by atoms with E-state index in [1.807, 2.05) is 0 Å². The first kappa shape index (κ1) is 10.2. The van der Waals surface area contributed by atoms with Crippen molar-refractivity contribution in [2.75, 3.05) is 0 Å². The summed E-state index contributed by atoms with van der Waals surface area (Å²) in [5, 5.41) is 12.2. The van der Waals surface area contributed by atoms with Gasteiger partial charge in [-0.2, -0.15) is 0 Å². The first-order chi connectivity index (χ1) is 7.65. The Morgan fingerprint density at radius 2 is 2.12 bits per heavy atom. The van der Waals surface area contributed by atoms with Gasteiger partial charge in [0.15, 0.2) is 0 Å². The number of rotatable bonds is 3. The number of benzene rings is 1. The SMILES string of the molecule is [NH-]c1c[n+](-c2ccc(CC(=O)O)cc2)no1. The van der Waals surface area contributed by atoms with Gasteiger partial charge in [0.25, 0.3) is 0 Å². The third-order valence-corrected chi connectivity index (χ3v) is 2.02. The quantitative estimate of drug-likeness (QED) is 0.786. The van der Waals surface area contributed by atoms with Crippen molar-refractivity contribution >= 4 is 11.9 Å². The third-order valence-electron chi connectivity index (χ3n) is 2.02. The van der Waals surface area contributed by atoms with Crippen molar-refractivity contribution in [3.63, 3.8) is 0 Å². The molecule has 16 heavy (non-hydrogen) atoms. The summed E-state index contributed by atoms with van der Waals surface area (Å²) in [5.74, 6) is -0.898. The highest BCUT2D eigenvalue weighted by Gasteiger charge is 2.10. The Kier molecular flexibility index (Phi) is 2.55. The first-order valence-electron chi connectivity index (χ1n) is 4.56. The van der Waals surface area contributed by atoms with Crippen LogP contribution in [-0.4, -0.2) is 16.3 Å². The van der Waals surface area contributed by atoms with Crippen LogP contribution in [0.2, 0.25) is 0 Å². The molecule has 1 aromatic heterocycles. The lowest BCUT2D eigenvalue weighted by Gasteiger charge is -1.94. The Morgan fingerprint density at radius 1 is 1.44 bits per heavy atom. The summed E-state index contributed by atoms with van der Waals surface area (Å²) in [7, 11) is 0. The average molecular weight is 219 g/mol. The second kappa shape index (κ2) is 4.01. The number of carbonyl (C=O) groups is 1. The van der Waals surface area contributed by atoms with E-state index in [9.17, 15) is 4.79 Å². The fourth-order valence-corrected chi connectivity index (χ4v) is 1.31. The molecule has 0 aliphatic rings. The summed E-state index contributed by atoms with van der Waals surface area (Å²) in [6, 6.07) is 6.85. The molecule has 0 saturated carbocycles. The number of nitrogens with one attached hydrogen (secondary N) is 1. The number of nitrogens with zero attached hydrogens (tertiary/aromatic N) is 2. The number of carboxylic acids is 1. The molecule has 0 bridgehead atoms. The molecule has 0 aliphatic carbocycles. The van der Waals surface area contributed by atoms with Gasteiger partial charge in [0.1, 0.15) is 5.88 Å². The molecule has 6 nitrogen and oxygen atoms in total. The molecule has 0 spiro atoms. The predicted octanol–water partition coefficient (Wildman–Crippen LogP) is 1.26. The molecule has 2 N–H and O–H groups in total. The summed E-state index contributed by atoms with van der Waals surface area (Å²) >= 11 is 0. The topological polar surface area (TPSA) is 91.0 Å². The highest BCUT2D eigenvalue weighted by Crippen LogP contribution is 2.07. The molecule has 0 unspecified atom stereocenters. The van der Waals surface area contributed by atoms with Gasteiger partial charge in [0.2, 0.25) is 17.2 Å². The van der Waals surface area contributed by atoms with E-state index in [1.165, 1.54) is 10.9 Å². The Bertz CT molecular complexity index is 504. The molecule has 82 valence electrons. The van der Waals surface area contributed by atoms with Gasteiger partial charge in [0, 0.05) is 12.1 Å². The maximum atomic E-state index is 10.5. The van der Waals surface area contributed by atoms with E-state index >= 15 is 0 Å². The summed E-state index contributed by atoms with van der Waals surface area (Å²) in [4.78, 5) is 10.5.